The Morgan fingerprint density at radius 2 is 1.74 bits per heavy atom. The van der Waals surface area contributed by atoms with Crippen molar-refractivity contribution < 1.29 is 14.0 Å². The fourth-order valence-electron chi connectivity index (χ4n) is 4.83. The van der Waals surface area contributed by atoms with Crippen LogP contribution in [0.4, 0.5) is 4.39 Å². The number of rotatable bonds is 9. The Kier molecular flexibility index (Phi) is 8.01. The van der Waals surface area contributed by atoms with Gasteiger partial charge in [0.1, 0.15) is 18.4 Å². The highest BCUT2D eigenvalue weighted by molar-refractivity contribution is 5.96. The van der Waals surface area contributed by atoms with Crippen LogP contribution in [-0.2, 0) is 17.8 Å². The number of aryl methyl sites for hydroxylation is 1. The first-order chi connectivity index (χ1) is 17.0. The minimum atomic E-state index is -0.524. The first-order valence-electron chi connectivity index (χ1n) is 12.6. The third kappa shape index (κ3) is 5.47. The predicted molar refractivity (Wildman–Crippen MR) is 136 cm³/mol. The van der Waals surface area contributed by atoms with Crippen LogP contribution in [0.5, 0.6) is 0 Å². The largest absolute Gasteiger partial charge is 0.348 e. The van der Waals surface area contributed by atoms with Crippen molar-refractivity contribution in [3.05, 3.63) is 95.1 Å². The monoisotopic (exact) mass is 475 g/mol. The van der Waals surface area contributed by atoms with Crippen LogP contribution in [0.1, 0.15) is 66.3 Å². The zero-order valence-electron chi connectivity index (χ0n) is 20.6. The number of nitrogens with zero attached hydrogens (tertiary/aromatic N) is 3. The van der Waals surface area contributed by atoms with Gasteiger partial charge in [0.25, 0.3) is 5.91 Å². The van der Waals surface area contributed by atoms with Crippen LogP contribution >= 0.6 is 0 Å². The van der Waals surface area contributed by atoms with Crippen molar-refractivity contribution in [1.29, 1.82) is 0 Å². The standard InChI is InChI=1S/C29H34FN3O2/c1-3-5-9-22-13-15-23(16-14-22)29(35)32(17-4-2)21-27(34)33-20-19-31-18-8-12-26(31)28(33)24-10-6-7-11-25(24)30/h6-8,10-16,18,28H,3-5,9,17,19-21H2,1-2H3/t28-/m1/s1. The second-order valence-corrected chi connectivity index (χ2v) is 9.16. The highest BCUT2D eigenvalue weighted by Gasteiger charge is 2.34. The quantitative estimate of drug-likeness (QED) is 0.413. The van der Waals surface area contributed by atoms with Gasteiger partial charge in [-0.15, -0.1) is 0 Å². The van der Waals surface area contributed by atoms with E-state index in [4.69, 9.17) is 0 Å². The highest BCUT2D eigenvalue weighted by Crippen LogP contribution is 2.34. The molecule has 2 amide bonds. The minimum absolute atomic E-state index is 0.0318. The molecule has 4 rings (SSSR count). The van der Waals surface area contributed by atoms with Crippen LogP contribution in [0.2, 0.25) is 0 Å². The molecule has 2 heterocycles. The molecule has 1 aromatic heterocycles. The van der Waals surface area contributed by atoms with Crippen molar-refractivity contribution in [1.82, 2.24) is 14.4 Å². The molecule has 0 fully saturated rings. The lowest BCUT2D eigenvalue weighted by atomic mass is 9.99. The highest BCUT2D eigenvalue weighted by atomic mass is 19.1. The number of carbonyl (C=O) groups excluding carboxylic acids is 2. The van der Waals surface area contributed by atoms with Gasteiger partial charge in [0, 0.05) is 42.7 Å². The van der Waals surface area contributed by atoms with Gasteiger partial charge in [0.15, 0.2) is 0 Å². The van der Waals surface area contributed by atoms with E-state index in [1.54, 1.807) is 28.0 Å². The molecule has 0 bridgehead atoms. The second-order valence-electron chi connectivity index (χ2n) is 9.16. The number of fused-ring (bicyclic) bond motifs is 1. The van der Waals surface area contributed by atoms with Gasteiger partial charge in [-0.25, -0.2) is 4.39 Å². The zero-order valence-corrected chi connectivity index (χ0v) is 20.6. The van der Waals surface area contributed by atoms with Crippen molar-refractivity contribution in [2.45, 2.75) is 52.1 Å². The van der Waals surface area contributed by atoms with Crippen molar-refractivity contribution in [2.24, 2.45) is 0 Å². The van der Waals surface area contributed by atoms with Crippen LogP contribution < -0.4 is 0 Å². The van der Waals surface area contributed by atoms with E-state index < -0.39 is 6.04 Å². The van der Waals surface area contributed by atoms with Gasteiger partial charge < -0.3 is 14.4 Å². The number of halogens is 1. The van der Waals surface area contributed by atoms with E-state index in [1.807, 2.05) is 49.5 Å². The molecule has 2 aromatic carbocycles. The molecule has 0 saturated carbocycles. The van der Waals surface area contributed by atoms with Crippen LogP contribution in [0, 0.1) is 5.82 Å². The molecule has 0 unspecified atom stereocenters. The van der Waals surface area contributed by atoms with Crippen LogP contribution in [0.15, 0.2) is 66.9 Å². The summed E-state index contributed by atoms with van der Waals surface area (Å²) < 4.78 is 16.9. The van der Waals surface area contributed by atoms with Crippen molar-refractivity contribution >= 4 is 11.8 Å². The molecule has 0 spiro atoms. The summed E-state index contributed by atoms with van der Waals surface area (Å²) in [5.41, 5.74) is 3.15. The van der Waals surface area contributed by atoms with Gasteiger partial charge in [0.2, 0.25) is 5.91 Å². The van der Waals surface area contributed by atoms with E-state index in [1.165, 1.54) is 11.6 Å². The second kappa shape index (κ2) is 11.3. The molecule has 0 aliphatic carbocycles. The maximum atomic E-state index is 14.8. The summed E-state index contributed by atoms with van der Waals surface area (Å²) >= 11 is 0. The number of carbonyl (C=O) groups is 2. The number of amides is 2. The van der Waals surface area contributed by atoms with E-state index in [0.29, 0.717) is 30.8 Å². The van der Waals surface area contributed by atoms with Crippen molar-refractivity contribution in [3.8, 4) is 0 Å². The number of benzene rings is 2. The fourth-order valence-corrected chi connectivity index (χ4v) is 4.83. The Morgan fingerprint density at radius 3 is 2.46 bits per heavy atom. The average molecular weight is 476 g/mol. The van der Waals surface area contributed by atoms with Crippen LogP contribution in [-0.4, -0.2) is 45.8 Å². The molecule has 1 atom stereocenters. The lowest BCUT2D eigenvalue weighted by Gasteiger charge is -2.38. The molecule has 1 aliphatic heterocycles. The molecule has 6 heteroatoms. The van der Waals surface area contributed by atoms with E-state index in [9.17, 15) is 14.0 Å². The lowest BCUT2D eigenvalue weighted by Crippen LogP contribution is -2.48. The van der Waals surface area contributed by atoms with E-state index in [0.717, 1.165) is 31.4 Å². The summed E-state index contributed by atoms with van der Waals surface area (Å²) in [6, 6.07) is 17.7. The summed E-state index contributed by atoms with van der Waals surface area (Å²) in [6.45, 7) is 5.70. The first-order valence-corrected chi connectivity index (χ1v) is 12.6. The van der Waals surface area contributed by atoms with Crippen LogP contribution in [0.25, 0.3) is 0 Å². The van der Waals surface area contributed by atoms with Crippen LogP contribution in [0.3, 0.4) is 0 Å². The summed E-state index contributed by atoms with van der Waals surface area (Å²) in [5.74, 6) is -0.660. The number of aromatic nitrogens is 1. The van der Waals surface area contributed by atoms with Gasteiger partial charge in [-0.1, -0.05) is 50.6 Å². The topological polar surface area (TPSA) is 45.6 Å². The molecule has 184 valence electrons. The Labute approximate surface area is 207 Å². The first kappa shape index (κ1) is 24.7. The van der Waals surface area contributed by atoms with E-state index in [-0.39, 0.29) is 24.2 Å². The zero-order chi connectivity index (χ0) is 24.8. The minimum Gasteiger partial charge on any atom is -0.348 e. The number of unbranched alkanes of at least 4 members (excludes halogenated alkanes) is 1. The smallest absolute Gasteiger partial charge is 0.254 e. The molecular formula is C29H34FN3O2. The Balaban J connectivity index is 1.56. The molecule has 3 aromatic rings. The van der Waals surface area contributed by atoms with Gasteiger partial charge in [-0.3, -0.25) is 9.59 Å². The van der Waals surface area contributed by atoms with E-state index in [2.05, 4.69) is 11.5 Å². The fraction of sp³-hybridized carbons (Fsp3) is 0.379. The third-order valence-corrected chi connectivity index (χ3v) is 6.69. The van der Waals surface area contributed by atoms with Crippen molar-refractivity contribution in [3.63, 3.8) is 0 Å². The van der Waals surface area contributed by atoms with Gasteiger partial charge >= 0.3 is 0 Å². The van der Waals surface area contributed by atoms with Gasteiger partial charge in [0.05, 0.1) is 0 Å². The summed E-state index contributed by atoms with van der Waals surface area (Å²) in [5, 5.41) is 0. The molecular weight excluding hydrogens is 441 g/mol. The Morgan fingerprint density at radius 1 is 0.971 bits per heavy atom. The van der Waals surface area contributed by atoms with Crippen molar-refractivity contribution in [2.75, 3.05) is 19.6 Å². The summed E-state index contributed by atoms with van der Waals surface area (Å²) in [4.78, 5) is 30.3. The predicted octanol–water partition coefficient (Wildman–Crippen LogP) is 5.45. The molecule has 0 radical (unpaired) electrons. The SMILES string of the molecule is CCCCc1ccc(C(=O)N(CCC)CC(=O)N2CCn3cccc3[C@H]2c2ccccc2F)cc1. The molecule has 1 aliphatic rings. The summed E-state index contributed by atoms with van der Waals surface area (Å²) in [6.07, 6.45) is 5.94. The molecule has 0 N–H and O–H groups in total. The van der Waals surface area contributed by atoms with E-state index >= 15 is 0 Å². The average Bonchev–Trinajstić information content (AvgIpc) is 3.36. The summed E-state index contributed by atoms with van der Waals surface area (Å²) in [7, 11) is 0. The number of hydrogen-bond donors (Lipinski definition) is 0. The van der Waals surface area contributed by atoms with Gasteiger partial charge in [-0.2, -0.15) is 0 Å². The number of hydrogen-bond acceptors (Lipinski definition) is 2. The Bertz CT molecular complexity index is 1150. The molecule has 5 nitrogen and oxygen atoms in total. The third-order valence-electron chi connectivity index (χ3n) is 6.69. The Hall–Kier alpha value is -3.41. The normalized spacial score (nSPS) is 15.1. The maximum absolute atomic E-state index is 14.8. The molecule has 35 heavy (non-hydrogen) atoms. The lowest BCUT2D eigenvalue weighted by molar-refractivity contribution is -0.134. The molecule has 0 saturated heterocycles. The maximum Gasteiger partial charge on any atom is 0.254 e. The van der Waals surface area contributed by atoms with Gasteiger partial charge in [-0.05, 0) is 55.2 Å².